The van der Waals surface area contributed by atoms with Crippen LogP contribution in [-0.4, -0.2) is 15.5 Å². The third kappa shape index (κ3) is 2.39. The summed E-state index contributed by atoms with van der Waals surface area (Å²) in [5.74, 6) is -1.05. The van der Waals surface area contributed by atoms with E-state index in [2.05, 4.69) is 10.3 Å². The van der Waals surface area contributed by atoms with E-state index in [1.807, 2.05) is 6.92 Å². The van der Waals surface area contributed by atoms with Crippen molar-refractivity contribution in [3.63, 3.8) is 0 Å². The summed E-state index contributed by atoms with van der Waals surface area (Å²) in [6, 6.07) is 4.23. The molecular weight excluding hydrogens is 305 g/mol. The first-order valence-electron chi connectivity index (χ1n) is 6.48. The highest BCUT2D eigenvalue weighted by Crippen LogP contribution is 2.17. The summed E-state index contributed by atoms with van der Waals surface area (Å²) in [5, 5.41) is 4.97. The van der Waals surface area contributed by atoms with E-state index in [9.17, 15) is 14.0 Å². The molecule has 7 heteroatoms. The number of para-hydroxylation sites is 1. The van der Waals surface area contributed by atoms with Gasteiger partial charge in [0.1, 0.15) is 11.4 Å². The predicted octanol–water partition coefficient (Wildman–Crippen LogP) is 2.69. The largest absolute Gasteiger partial charge is 0.347 e. The normalized spacial score (nSPS) is 10.9. The number of halogens is 1. The van der Waals surface area contributed by atoms with Crippen LogP contribution in [0.15, 0.2) is 34.6 Å². The average molecular weight is 317 g/mol. The molecule has 0 aliphatic carbocycles. The van der Waals surface area contributed by atoms with Crippen LogP contribution in [0.4, 0.5) is 9.52 Å². The Labute approximate surface area is 129 Å². The smallest absolute Gasteiger partial charge is 0.262 e. The second-order valence-electron chi connectivity index (χ2n) is 4.87. The van der Waals surface area contributed by atoms with Gasteiger partial charge in [0.15, 0.2) is 5.13 Å². The summed E-state index contributed by atoms with van der Waals surface area (Å²) in [6.07, 6.45) is 1.34. The molecule has 112 valence electrons. The molecule has 2 aromatic heterocycles. The number of carbonyl (C=O) groups excluding carboxylic acids is 1. The lowest BCUT2D eigenvalue weighted by Crippen LogP contribution is -2.23. The zero-order chi connectivity index (χ0) is 15.9. The number of pyridine rings is 1. The minimum absolute atomic E-state index is 0.0477. The first kappa shape index (κ1) is 14.4. The van der Waals surface area contributed by atoms with Gasteiger partial charge in [0.05, 0.1) is 11.2 Å². The highest BCUT2D eigenvalue weighted by molar-refractivity contribution is 7.13. The van der Waals surface area contributed by atoms with E-state index in [0.29, 0.717) is 5.13 Å². The summed E-state index contributed by atoms with van der Waals surface area (Å²) < 4.78 is 15.3. The van der Waals surface area contributed by atoms with E-state index >= 15 is 0 Å². The Hall–Kier alpha value is -2.54. The molecule has 5 nitrogen and oxygen atoms in total. The van der Waals surface area contributed by atoms with E-state index in [0.717, 1.165) is 5.69 Å². The van der Waals surface area contributed by atoms with Crippen LogP contribution in [-0.2, 0) is 7.05 Å². The van der Waals surface area contributed by atoms with E-state index in [-0.39, 0.29) is 16.5 Å². The van der Waals surface area contributed by atoms with Gasteiger partial charge in [0, 0.05) is 24.0 Å². The fourth-order valence-corrected chi connectivity index (χ4v) is 2.94. The maximum atomic E-state index is 13.8. The molecule has 0 radical (unpaired) electrons. The summed E-state index contributed by atoms with van der Waals surface area (Å²) in [5.41, 5.74) is 0.412. The number of thiazole rings is 1. The van der Waals surface area contributed by atoms with Crippen LogP contribution in [0.1, 0.15) is 16.1 Å². The molecular formula is C15H12FN3O2S. The number of carbonyl (C=O) groups is 1. The second-order valence-corrected chi connectivity index (χ2v) is 5.73. The van der Waals surface area contributed by atoms with Gasteiger partial charge in [-0.15, -0.1) is 11.3 Å². The van der Waals surface area contributed by atoms with Crippen molar-refractivity contribution < 1.29 is 9.18 Å². The lowest BCUT2D eigenvalue weighted by molar-refractivity contribution is 0.102. The summed E-state index contributed by atoms with van der Waals surface area (Å²) in [4.78, 5) is 28.8. The van der Waals surface area contributed by atoms with E-state index < -0.39 is 17.2 Å². The van der Waals surface area contributed by atoms with Crippen LogP contribution in [0, 0.1) is 12.7 Å². The molecule has 0 aliphatic rings. The minimum Gasteiger partial charge on any atom is -0.347 e. The van der Waals surface area contributed by atoms with Crippen LogP contribution in [0.2, 0.25) is 0 Å². The number of benzene rings is 1. The highest BCUT2D eigenvalue weighted by Gasteiger charge is 2.17. The van der Waals surface area contributed by atoms with Crippen LogP contribution >= 0.6 is 11.3 Å². The van der Waals surface area contributed by atoms with Gasteiger partial charge < -0.3 is 4.57 Å². The SMILES string of the molecule is Cc1csc(NC(=O)c2cn(C)c3c(F)cccc3c2=O)n1. The van der Waals surface area contributed by atoms with Gasteiger partial charge in [-0.25, -0.2) is 9.37 Å². The number of amides is 1. The Kier molecular flexibility index (Phi) is 3.50. The number of anilines is 1. The molecule has 0 atom stereocenters. The summed E-state index contributed by atoms with van der Waals surface area (Å²) in [6.45, 7) is 1.81. The number of nitrogens with one attached hydrogen (secondary N) is 1. The Balaban J connectivity index is 2.10. The van der Waals surface area contributed by atoms with Crippen LogP contribution < -0.4 is 10.7 Å². The number of aromatic nitrogens is 2. The molecule has 3 rings (SSSR count). The Morgan fingerprint density at radius 1 is 1.41 bits per heavy atom. The van der Waals surface area contributed by atoms with Gasteiger partial charge in [0.2, 0.25) is 5.43 Å². The number of hydrogen-bond acceptors (Lipinski definition) is 4. The maximum Gasteiger partial charge on any atom is 0.262 e. The van der Waals surface area contributed by atoms with Gasteiger partial charge in [-0.1, -0.05) is 6.07 Å². The van der Waals surface area contributed by atoms with E-state index in [1.165, 1.54) is 40.3 Å². The molecule has 22 heavy (non-hydrogen) atoms. The van der Waals surface area contributed by atoms with Crippen LogP contribution in [0.3, 0.4) is 0 Å². The van der Waals surface area contributed by atoms with Crippen molar-refractivity contribution in [2.24, 2.45) is 7.05 Å². The van der Waals surface area contributed by atoms with Gasteiger partial charge in [-0.05, 0) is 19.1 Å². The first-order chi connectivity index (χ1) is 10.5. The van der Waals surface area contributed by atoms with E-state index in [4.69, 9.17) is 0 Å². The van der Waals surface area contributed by atoms with Crippen LogP contribution in [0.25, 0.3) is 10.9 Å². The molecule has 1 aromatic carbocycles. The van der Waals surface area contributed by atoms with Crippen LogP contribution in [0.5, 0.6) is 0 Å². The zero-order valence-electron chi connectivity index (χ0n) is 11.9. The van der Waals surface area contributed by atoms with Gasteiger partial charge >= 0.3 is 0 Å². The lowest BCUT2D eigenvalue weighted by Gasteiger charge is -2.09. The number of hydrogen-bond donors (Lipinski definition) is 1. The molecule has 1 N–H and O–H groups in total. The second kappa shape index (κ2) is 5.34. The van der Waals surface area contributed by atoms with Crippen molar-refractivity contribution in [2.75, 3.05) is 5.32 Å². The average Bonchev–Trinajstić information content (AvgIpc) is 2.87. The van der Waals surface area contributed by atoms with Crippen molar-refractivity contribution >= 4 is 33.3 Å². The number of rotatable bonds is 2. The molecule has 0 aliphatic heterocycles. The minimum atomic E-state index is -0.555. The van der Waals surface area contributed by atoms with Crippen molar-refractivity contribution in [3.8, 4) is 0 Å². The standard InChI is InChI=1S/C15H12FN3O2S/c1-8-7-22-15(17-8)18-14(21)10-6-19(2)12-9(13(10)20)4-3-5-11(12)16/h3-7H,1-2H3,(H,17,18,21). The molecule has 0 bridgehead atoms. The molecule has 0 spiro atoms. The van der Waals surface area contributed by atoms with Gasteiger partial charge in [-0.2, -0.15) is 0 Å². The quantitative estimate of drug-likeness (QED) is 0.790. The third-order valence-electron chi connectivity index (χ3n) is 3.24. The Morgan fingerprint density at radius 2 is 2.18 bits per heavy atom. The molecule has 3 aromatic rings. The van der Waals surface area contributed by atoms with Crippen molar-refractivity contribution in [3.05, 3.63) is 57.1 Å². The lowest BCUT2D eigenvalue weighted by atomic mass is 10.1. The molecule has 2 heterocycles. The zero-order valence-corrected chi connectivity index (χ0v) is 12.7. The Bertz CT molecular complexity index is 946. The molecule has 1 amide bonds. The highest BCUT2D eigenvalue weighted by atomic mass is 32.1. The number of fused-ring (bicyclic) bond motifs is 1. The fraction of sp³-hybridized carbons (Fsp3) is 0.133. The molecule has 0 saturated heterocycles. The maximum absolute atomic E-state index is 13.8. The molecule has 0 fully saturated rings. The fourth-order valence-electron chi connectivity index (χ4n) is 2.26. The molecule has 0 saturated carbocycles. The third-order valence-corrected chi connectivity index (χ3v) is 4.11. The summed E-state index contributed by atoms with van der Waals surface area (Å²) >= 11 is 1.28. The van der Waals surface area contributed by atoms with Crippen molar-refractivity contribution in [1.29, 1.82) is 0 Å². The van der Waals surface area contributed by atoms with Gasteiger partial charge in [0.25, 0.3) is 5.91 Å². The number of nitrogens with zero attached hydrogens (tertiary/aromatic N) is 2. The van der Waals surface area contributed by atoms with Gasteiger partial charge in [-0.3, -0.25) is 14.9 Å². The summed E-state index contributed by atoms with van der Waals surface area (Å²) in [7, 11) is 1.59. The predicted molar refractivity (Wildman–Crippen MR) is 84.0 cm³/mol. The van der Waals surface area contributed by atoms with Crippen molar-refractivity contribution in [1.82, 2.24) is 9.55 Å². The Morgan fingerprint density at radius 3 is 2.86 bits per heavy atom. The number of aryl methyl sites for hydroxylation is 2. The topological polar surface area (TPSA) is 64.0 Å². The monoisotopic (exact) mass is 317 g/mol. The first-order valence-corrected chi connectivity index (χ1v) is 7.36. The van der Waals surface area contributed by atoms with E-state index in [1.54, 1.807) is 12.4 Å². The van der Waals surface area contributed by atoms with Crippen molar-refractivity contribution in [2.45, 2.75) is 6.92 Å². The molecule has 0 unspecified atom stereocenters.